The molecule has 14 heteroatoms. The predicted molar refractivity (Wildman–Crippen MR) is 215 cm³/mol. The van der Waals surface area contributed by atoms with Crippen molar-refractivity contribution in [3.63, 3.8) is 0 Å². The molecule has 4 atom stereocenters. The van der Waals surface area contributed by atoms with Crippen molar-refractivity contribution in [2.75, 3.05) is 26.2 Å². The van der Waals surface area contributed by atoms with Gasteiger partial charge in [-0.3, -0.25) is 38.6 Å². The minimum Gasteiger partial charge on any atom is -1.00 e. The van der Waals surface area contributed by atoms with Crippen LogP contribution in [0.3, 0.4) is 0 Å². The number of halogens is 4. The van der Waals surface area contributed by atoms with Crippen molar-refractivity contribution in [2.45, 2.75) is 144 Å². The number of hydrogen-bond donors (Lipinski definition) is 0. The van der Waals surface area contributed by atoms with Crippen molar-refractivity contribution in [1.82, 2.24) is 19.6 Å². The van der Waals surface area contributed by atoms with Gasteiger partial charge in [-0.05, 0) is 62.2 Å². The molecule has 0 aromatic rings. The summed E-state index contributed by atoms with van der Waals surface area (Å²) in [6.45, 7) is 42.7. The third-order valence-corrected chi connectivity index (χ3v) is 10.7. The Morgan fingerprint density at radius 1 is 0.404 bits per heavy atom. The maximum atomic E-state index is 11.9. The number of likely N-dealkylation sites (tertiary alicyclic amines) is 4. The molecule has 57 heavy (non-hydrogen) atoms. The summed E-state index contributed by atoms with van der Waals surface area (Å²) in [4.78, 5) is 76.2. The first-order chi connectivity index (χ1) is 23.5. The van der Waals surface area contributed by atoms with Crippen LogP contribution in [0.1, 0.15) is 144 Å². The van der Waals surface area contributed by atoms with Crippen molar-refractivity contribution in [1.29, 1.82) is 0 Å². The molecule has 4 saturated heterocycles. The van der Waals surface area contributed by atoms with Crippen LogP contribution in [0.15, 0.2) is 24.6 Å². The Kier molecular flexibility index (Phi) is 28.9. The van der Waals surface area contributed by atoms with E-state index >= 15 is 0 Å². The van der Waals surface area contributed by atoms with E-state index in [1.165, 1.54) is 9.80 Å². The summed E-state index contributed by atoms with van der Waals surface area (Å²) in [5, 5.41) is 0. The average Bonchev–Trinajstić information content (AvgIpc) is 3.67. The van der Waals surface area contributed by atoms with Gasteiger partial charge in [0.2, 0.25) is 35.4 Å². The van der Waals surface area contributed by atoms with Gasteiger partial charge in [-0.25, -0.2) is 0 Å². The number of nitrogens with zero attached hydrogens (tertiary/aromatic N) is 4. The highest BCUT2D eigenvalue weighted by atomic mass is 79.9. The van der Waals surface area contributed by atoms with Gasteiger partial charge in [0.25, 0.3) is 0 Å². The molecule has 4 aliphatic rings. The van der Waals surface area contributed by atoms with Gasteiger partial charge >= 0.3 is 0 Å². The first kappa shape index (κ1) is 64.8. The van der Waals surface area contributed by atoms with Crippen LogP contribution in [0, 0.1) is 45.3 Å². The third-order valence-electron chi connectivity index (χ3n) is 10.7. The van der Waals surface area contributed by atoms with Crippen LogP contribution < -0.4 is 67.9 Å². The molecular formula is C43H76Br4N4O6-4. The molecule has 4 heterocycles. The van der Waals surface area contributed by atoms with Crippen molar-refractivity contribution in [2.24, 2.45) is 45.3 Å². The van der Waals surface area contributed by atoms with Gasteiger partial charge in [-0.2, -0.15) is 0 Å². The van der Waals surface area contributed by atoms with Gasteiger partial charge in [-0.15, -0.1) is 0 Å². The van der Waals surface area contributed by atoms with Crippen molar-refractivity contribution >= 4 is 35.4 Å². The van der Waals surface area contributed by atoms with E-state index in [-0.39, 0.29) is 156 Å². The molecule has 4 aliphatic heterocycles. The second-order valence-electron chi connectivity index (χ2n) is 18.7. The maximum Gasteiger partial charge on any atom is 0.233 e. The first-order valence-corrected chi connectivity index (χ1v) is 19.2. The van der Waals surface area contributed by atoms with E-state index in [9.17, 15) is 28.8 Å². The molecule has 0 aliphatic carbocycles. The summed E-state index contributed by atoms with van der Waals surface area (Å²) in [6, 6.07) is 0. The van der Waals surface area contributed by atoms with Crippen LogP contribution in [0.25, 0.3) is 0 Å². The summed E-state index contributed by atoms with van der Waals surface area (Å²) in [5.41, 5.74) is 1.88. The molecule has 4 rings (SSSR count). The van der Waals surface area contributed by atoms with Crippen LogP contribution in [-0.4, -0.2) is 81.2 Å². The maximum absolute atomic E-state index is 11.9. The summed E-state index contributed by atoms with van der Waals surface area (Å²) in [7, 11) is 0. The second-order valence-corrected chi connectivity index (χ2v) is 18.7. The summed E-state index contributed by atoms with van der Waals surface area (Å²) in [5.74, 6) is 0.458. The fraction of sp³-hybridized carbons (Fsp3) is 0.767. The lowest BCUT2D eigenvalue weighted by Gasteiger charge is -2.25. The first-order valence-electron chi connectivity index (χ1n) is 19.2. The van der Waals surface area contributed by atoms with Gasteiger partial charge < -0.3 is 77.7 Å². The number of imide groups is 2. The lowest BCUT2D eigenvalue weighted by Crippen LogP contribution is -3.00. The number of carbonyl (C=O) groups excluding carboxylic acids is 6. The molecule has 4 fully saturated rings. The van der Waals surface area contributed by atoms with Crippen molar-refractivity contribution in [3.05, 3.63) is 24.6 Å². The van der Waals surface area contributed by atoms with E-state index in [0.717, 1.165) is 37.3 Å². The van der Waals surface area contributed by atoms with E-state index in [2.05, 4.69) is 54.7 Å². The number of hydrogen-bond acceptors (Lipinski definition) is 6. The largest absolute Gasteiger partial charge is 1.00 e. The standard InChI is InChI=1S/2C11H19NO.2C10H17NO2.CH4.4BrH/c2*1-6-12-8(2)7-9(10(12)13)11(3,4)5;2*1-5-11-8(12)6-7(9(11)13)10(2,3)4;;;;;/h2*9H,2,6-7H2,1,3-5H3;2*7H,5-6H2,1-4H3;1H4;4*1H/p-4. The van der Waals surface area contributed by atoms with Crippen LogP contribution in [0.2, 0.25) is 0 Å². The lowest BCUT2D eigenvalue weighted by molar-refractivity contribution is -0.141. The SMILES string of the molecule is C.C=C1CC(C(C)(C)C)C(=O)N1CC.C=C1CC(C(C)(C)C)C(=O)N1CC.CCN1C(=O)CC(C(C)(C)C)C1=O.CCN1C(=O)CC(C(C)(C)C)C1=O.[Br-].[Br-].[Br-].[Br-]. The van der Waals surface area contributed by atoms with E-state index in [1.807, 2.05) is 69.2 Å². The Hall–Kier alpha value is -1.38. The van der Waals surface area contributed by atoms with Gasteiger partial charge in [0, 0.05) is 62.3 Å². The summed E-state index contributed by atoms with van der Waals surface area (Å²) in [6.07, 6.45) is 2.43. The van der Waals surface area contributed by atoms with Gasteiger partial charge in [-0.1, -0.05) is 104 Å². The van der Waals surface area contributed by atoms with Gasteiger partial charge in [0.1, 0.15) is 0 Å². The predicted octanol–water partition coefficient (Wildman–Crippen LogP) is -3.66. The normalized spacial score (nSPS) is 22.2. The molecule has 0 N–H and O–H groups in total. The Labute approximate surface area is 389 Å². The van der Waals surface area contributed by atoms with E-state index in [4.69, 9.17) is 0 Å². The number of rotatable bonds is 4. The molecule has 6 amide bonds. The molecule has 0 radical (unpaired) electrons. The third kappa shape index (κ3) is 16.9. The molecule has 4 unspecified atom stereocenters. The zero-order valence-corrected chi connectivity index (χ0v) is 43.5. The minimum atomic E-state index is -0.125. The molecule has 10 nitrogen and oxygen atoms in total. The Bertz CT molecular complexity index is 1180. The van der Waals surface area contributed by atoms with Crippen molar-refractivity contribution < 1.29 is 96.7 Å². The van der Waals surface area contributed by atoms with E-state index < -0.39 is 0 Å². The second kappa shape index (κ2) is 25.4. The highest BCUT2D eigenvalue weighted by Crippen LogP contribution is 2.40. The number of allylic oxidation sites excluding steroid dienone is 2. The fourth-order valence-corrected chi connectivity index (χ4v) is 7.05. The smallest absolute Gasteiger partial charge is 0.233 e. The molecule has 0 saturated carbocycles. The minimum absolute atomic E-state index is 0. The van der Waals surface area contributed by atoms with Crippen LogP contribution in [0.5, 0.6) is 0 Å². The topological polar surface area (TPSA) is 115 Å². The Morgan fingerprint density at radius 2 is 0.579 bits per heavy atom. The molecule has 0 aromatic heterocycles. The zero-order chi connectivity index (χ0) is 40.9. The average molecular weight is 1060 g/mol. The monoisotopic (exact) mass is 1060 g/mol. The van der Waals surface area contributed by atoms with Gasteiger partial charge in [0.15, 0.2) is 0 Å². The Morgan fingerprint density at radius 3 is 0.684 bits per heavy atom. The quantitative estimate of drug-likeness (QED) is 0.269. The Balaban J connectivity index is -0.000000205. The van der Waals surface area contributed by atoms with Crippen LogP contribution in [0.4, 0.5) is 0 Å². The molecule has 0 bridgehead atoms. The molecule has 0 aromatic carbocycles. The van der Waals surface area contributed by atoms with Crippen molar-refractivity contribution in [3.8, 4) is 0 Å². The summed E-state index contributed by atoms with van der Waals surface area (Å²) >= 11 is 0. The molecule has 336 valence electrons. The molecule has 0 spiro atoms. The zero-order valence-electron chi connectivity index (χ0n) is 37.1. The van der Waals surface area contributed by atoms with Crippen LogP contribution in [-0.2, 0) is 28.8 Å². The van der Waals surface area contributed by atoms with E-state index in [0.29, 0.717) is 25.9 Å². The highest BCUT2D eigenvalue weighted by Gasteiger charge is 2.45. The summed E-state index contributed by atoms with van der Waals surface area (Å²) < 4.78 is 0. The molecular weight excluding hydrogens is 988 g/mol. The highest BCUT2D eigenvalue weighted by molar-refractivity contribution is 6.04. The van der Waals surface area contributed by atoms with Gasteiger partial charge in [0.05, 0.1) is 11.8 Å². The number of amides is 6. The lowest BCUT2D eigenvalue weighted by atomic mass is 9.79. The van der Waals surface area contributed by atoms with E-state index in [1.54, 1.807) is 9.80 Å². The fourth-order valence-electron chi connectivity index (χ4n) is 7.05. The van der Waals surface area contributed by atoms with Crippen LogP contribution >= 0.6 is 0 Å². The number of carbonyl (C=O) groups is 6.